The number of hydrogen-bond donors (Lipinski definition) is 1. The Morgan fingerprint density at radius 1 is 0.882 bits per heavy atom. The zero-order chi connectivity index (χ0) is 11.7. The molecule has 0 aliphatic heterocycles. The molecule has 0 aliphatic carbocycles. The predicted octanol–water partition coefficient (Wildman–Crippen LogP) is 4.95. The van der Waals surface area contributed by atoms with E-state index < -0.39 is 0 Å². The summed E-state index contributed by atoms with van der Waals surface area (Å²) in [5, 5.41) is 6.98. The first-order chi connectivity index (χ1) is 8.34. The van der Waals surface area contributed by atoms with Gasteiger partial charge in [-0.15, -0.1) is 11.3 Å². The van der Waals surface area contributed by atoms with Gasteiger partial charge in [-0.1, -0.05) is 36.4 Å². The van der Waals surface area contributed by atoms with E-state index in [2.05, 4.69) is 66.2 Å². The topological polar surface area (TPSA) is 12.0 Å². The summed E-state index contributed by atoms with van der Waals surface area (Å²) in [5.41, 5.74) is 3.64. The van der Waals surface area contributed by atoms with Crippen LogP contribution in [-0.4, -0.2) is 0 Å². The van der Waals surface area contributed by atoms with Crippen molar-refractivity contribution in [3.8, 4) is 0 Å². The molecule has 0 atom stereocenters. The van der Waals surface area contributed by atoms with E-state index in [0.717, 1.165) is 0 Å². The molecule has 0 saturated heterocycles. The fraction of sp³-hybridized carbons (Fsp3) is 0.0667. The van der Waals surface area contributed by atoms with Crippen LogP contribution in [-0.2, 0) is 0 Å². The van der Waals surface area contributed by atoms with E-state index >= 15 is 0 Å². The number of hydrogen-bond acceptors (Lipinski definition) is 2. The van der Waals surface area contributed by atoms with Gasteiger partial charge in [0.25, 0.3) is 0 Å². The molecule has 0 fully saturated rings. The minimum absolute atomic E-state index is 1.18. The predicted molar refractivity (Wildman–Crippen MR) is 76.3 cm³/mol. The molecule has 1 nitrogen and oxygen atoms in total. The smallest absolute Gasteiger partial charge is 0.0573 e. The van der Waals surface area contributed by atoms with Gasteiger partial charge in [0.05, 0.1) is 5.69 Å². The minimum atomic E-state index is 1.18. The highest BCUT2D eigenvalue weighted by molar-refractivity contribution is 7.17. The second kappa shape index (κ2) is 4.22. The molecule has 0 saturated carbocycles. The Bertz CT molecular complexity index is 655. The Morgan fingerprint density at radius 3 is 2.53 bits per heavy atom. The zero-order valence-corrected chi connectivity index (χ0v) is 10.4. The van der Waals surface area contributed by atoms with Crippen LogP contribution in [0.3, 0.4) is 0 Å². The van der Waals surface area contributed by atoms with E-state index in [0.29, 0.717) is 0 Å². The van der Waals surface area contributed by atoms with Gasteiger partial charge < -0.3 is 5.32 Å². The second-order valence-corrected chi connectivity index (χ2v) is 5.00. The molecular weight excluding hydrogens is 226 g/mol. The van der Waals surface area contributed by atoms with E-state index in [9.17, 15) is 0 Å². The Kier molecular flexibility index (Phi) is 2.57. The maximum atomic E-state index is 3.51. The van der Waals surface area contributed by atoms with Crippen LogP contribution in [0.5, 0.6) is 0 Å². The number of para-hydroxylation sites is 1. The number of anilines is 2. The molecule has 0 bridgehead atoms. The highest BCUT2D eigenvalue weighted by Crippen LogP contribution is 2.32. The number of fused-ring (bicyclic) bond motifs is 1. The Hall–Kier alpha value is -1.80. The lowest BCUT2D eigenvalue weighted by Gasteiger charge is -2.07. The highest BCUT2D eigenvalue weighted by atomic mass is 32.1. The van der Waals surface area contributed by atoms with Crippen LogP contribution in [0.25, 0.3) is 10.1 Å². The van der Waals surface area contributed by atoms with Crippen LogP contribution in [0.15, 0.2) is 53.9 Å². The van der Waals surface area contributed by atoms with Gasteiger partial charge in [-0.05, 0) is 24.6 Å². The van der Waals surface area contributed by atoms with Crippen molar-refractivity contribution < 1.29 is 0 Å². The van der Waals surface area contributed by atoms with Gasteiger partial charge in [0, 0.05) is 21.2 Å². The van der Waals surface area contributed by atoms with Gasteiger partial charge in [-0.2, -0.15) is 0 Å². The van der Waals surface area contributed by atoms with Crippen LogP contribution < -0.4 is 5.32 Å². The summed E-state index contributed by atoms with van der Waals surface area (Å²) in [7, 11) is 0. The van der Waals surface area contributed by atoms with Crippen molar-refractivity contribution in [3.05, 3.63) is 59.5 Å². The van der Waals surface area contributed by atoms with Crippen molar-refractivity contribution in [2.45, 2.75) is 6.92 Å². The number of thiophene rings is 1. The molecule has 0 unspecified atom stereocenters. The first kappa shape index (κ1) is 10.4. The molecule has 0 radical (unpaired) electrons. The molecular formula is C15H13NS. The van der Waals surface area contributed by atoms with Crippen LogP contribution in [0.1, 0.15) is 5.56 Å². The van der Waals surface area contributed by atoms with Crippen molar-refractivity contribution in [1.29, 1.82) is 0 Å². The summed E-state index contributed by atoms with van der Waals surface area (Å²) in [6, 6.07) is 16.8. The molecule has 17 heavy (non-hydrogen) atoms. The van der Waals surface area contributed by atoms with Crippen LogP contribution in [0, 0.1) is 6.92 Å². The van der Waals surface area contributed by atoms with Crippen LogP contribution in [0.4, 0.5) is 11.4 Å². The third kappa shape index (κ3) is 1.92. The molecule has 0 amide bonds. The second-order valence-electron chi connectivity index (χ2n) is 4.09. The standard InChI is InChI=1S/C15H13NS/c1-11-6-2-4-8-13(11)16-14-10-17-15-9-5-3-7-12(14)15/h2-10,16H,1H3. The van der Waals surface area contributed by atoms with Crippen LogP contribution >= 0.6 is 11.3 Å². The number of rotatable bonds is 2. The molecule has 0 aliphatic rings. The fourth-order valence-corrected chi connectivity index (χ4v) is 2.83. The number of benzene rings is 2. The van der Waals surface area contributed by atoms with Crippen molar-refractivity contribution in [2.24, 2.45) is 0 Å². The van der Waals surface area contributed by atoms with Crippen LogP contribution in [0.2, 0.25) is 0 Å². The summed E-state index contributed by atoms with van der Waals surface area (Å²) >= 11 is 1.78. The van der Waals surface area contributed by atoms with Crippen molar-refractivity contribution in [3.63, 3.8) is 0 Å². The molecule has 3 aromatic rings. The molecule has 0 spiro atoms. The van der Waals surface area contributed by atoms with Gasteiger partial charge >= 0.3 is 0 Å². The van der Waals surface area contributed by atoms with Gasteiger partial charge in [0.15, 0.2) is 0 Å². The molecule has 1 N–H and O–H groups in total. The summed E-state index contributed by atoms with van der Waals surface area (Å²) in [5.74, 6) is 0. The third-order valence-corrected chi connectivity index (χ3v) is 3.86. The van der Waals surface area contributed by atoms with E-state index in [1.165, 1.54) is 27.0 Å². The maximum Gasteiger partial charge on any atom is 0.0573 e. The molecule has 3 rings (SSSR count). The molecule has 2 heteroatoms. The third-order valence-electron chi connectivity index (χ3n) is 2.90. The largest absolute Gasteiger partial charge is 0.354 e. The fourth-order valence-electron chi connectivity index (χ4n) is 1.93. The average Bonchev–Trinajstić information content (AvgIpc) is 2.76. The summed E-state index contributed by atoms with van der Waals surface area (Å²) < 4.78 is 1.32. The lowest BCUT2D eigenvalue weighted by Crippen LogP contribution is -1.91. The van der Waals surface area contributed by atoms with Gasteiger partial charge in [0.1, 0.15) is 0 Å². The average molecular weight is 239 g/mol. The first-order valence-electron chi connectivity index (χ1n) is 5.63. The Labute approximate surface area is 105 Å². The Morgan fingerprint density at radius 2 is 1.65 bits per heavy atom. The van der Waals surface area contributed by atoms with Crippen molar-refractivity contribution in [2.75, 3.05) is 5.32 Å². The van der Waals surface area contributed by atoms with Crippen molar-refractivity contribution in [1.82, 2.24) is 0 Å². The SMILES string of the molecule is Cc1ccccc1Nc1csc2ccccc12. The molecule has 1 heterocycles. The normalized spacial score (nSPS) is 10.6. The van der Waals surface area contributed by atoms with E-state index in [1.807, 2.05) is 0 Å². The van der Waals surface area contributed by atoms with Gasteiger partial charge in [-0.3, -0.25) is 0 Å². The molecule has 1 aromatic heterocycles. The summed E-state index contributed by atoms with van der Waals surface area (Å²) in [6.07, 6.45) is 0. The zero-order valence-electron chi connectivity index (χ0n) is 9.60. The lowest BCUT2D eigenvalue weighted by molar-refractivity contribution is 1.44. The lowest BCUT2D eigenvalue weighted by atomic mass is 10.2. The quantitative estimate of drug-likeness (QED) is 0.667. The molecule has 84 valence electrons. The highest BCUT2D eigenvalue weighted by Gasteiger charge is 2.04. The monoisotopic (exact) mass is 239 g/mol. The first-order valence-corrected chi connectivity index (χ1v) is 6.51. The Balaban J connectivity index is 2.03. The maximum absolute atomic E-state index is 3.51. The van der Waals surface area contributed by atoms with E-state index in [-0.39, 0.29) is 0 Å². The van der Waals surface area contributed by atoms with Gasteiger partial charge in [-0.25, -0.2) is 0 Å². The van der Waals surface area contributed by atoms with Gasteiger partial charge in [0.2, 0.25) is 0 Å². The van der Waals surface area contributed by atoms with E-state index in [1.54, 1.807) is 11.3 Å². The number of nitrogens with one attached hydrogen (secondary N) is 1. The summed E-state index contributed by atoms with van der Waals surface area (Å²) in [6.45, 7) is 2.12. The minimum Gasteiger partial charge on any atom is -0.354 e. The van der Waals surface area contributed by atoms with Crippen molar-refractivity contribution >= 4 is 32.8 Å². The number of aryl methyl sites for hydroxylation is 1. The molecule has 2 aromatic carbocycles. The summed E-state index contributed by atoms with van der Waals surface area (Å²) in [4.78, 5) is 0. The van der Waals surface area contributed by atoms with E-state index in [4.69, 9.17) is 0 Å².